The standard InChI is InChI=1S/C16H37N5O.C2H4O2/c1-2-3-4-5-6-7-16(22)21-15-14-20-13-12-19-11-10-18-9-8-17;1-2(3)4/h18-20H,2-15,17H2,1H3,(H,21,22);1H3,(H,3,4). The molecule has 0 aliphatic heterocycles. The van der Waals surface area contributed by atoms with Gasteiger partial charge in [-0.25, -0.2) is 0 Å². The monoisotopic (exact) mass is 375 g/mol. The number of carbonyl (C=O) groups is 2. The van der Waals surface area contributed by atoms with Crippen LogP contribution in [0, 0.1) is 0 Å². The first kappa shape index (κ1) is 27.0. The summed E-state index contributed by atoms with van der Waals surface area (Å²) in [5, 5.41) is 20.2. The summed E-state index contributed by atoms with van der Waals surface area (Å²) in [4.78, 5) is 20.6. The molecule has 1 amide bonds. The SMILES string of the molecule is CC(=O)O.CCCCCCCC(=O)NCCNCCNCCNCCN. The van der Waals surface area contributed by atoms with Gasteiger partial charge in [-0.05, 0) is 6.42 Å². The first-order valence-corrected chi connectivity index (χ1v) is 9.83. The van der Waals surface area contributed by atoms with Crippen LogP contribution in [0.3, 0.4) is 0 Å². The fourth-order valence-corrected chi connectivity index (χ4v) is 2.10. The highest BCUT2D eigenvalue weighted by Crippen LogP contribution is 2.04. The first-order valence-electron chi connectivity index (χ1n) is 9.83. The third-order valence-corrected chi connectivity index (χ3v) is 3.41. The van der Waals surface area contributed by atoms with Gasteiger partial charge < -0.3 is 32.1 Å². The molecule has 0 aromatic heterocycles. The smallest absolute Gasteiger partial charge is 0.300 e. The van der Waals surface area contributed by atoms with Crippen LogP contribution in [0.25, 0.3) is 0 Å². The number of nitrogens with one attached hydrogen (secondary N) is 4. The predicted molar refractivity (Wildman–Crippen MR) is 107 cm³/mol. The van der Waals surface area contributed by atoms with Crippen molar-refractivity contribution in [2.45, 2.75) is 52.4 Å². The lowest BCUT2D eigenvalue weighted by Gasteiger charge is -2.08. The molecule has 0 spiro atoms. The van der Waals surface area contributed by atoms with Crippen LogP contribution >= 0.6 is 0 Å². The number of carbonyl (C=O) groups excluding carboxylic acids is 1. The van der Waals surface area contributed by atoms with Crippen LogP contribution in [0.2, 0.25) is 0 Å². The molecule has 0 unspecified atom stereocenters. The van der Waals surface area contributed by atoms with Gasteiger partial charge in [-0.3, -0.25) is 9.59 Å². The molecule has 0 aliphatic rings. The number of hydrogen-bond donors (Lipinski definition) is 6. The highest BCUT2D eigenvalue weighted by Gasteiger charge is 1.99. The summed E-state index contributed by atoms with van der Waals surface area (Å²) in [6, 6.07) is 0. The third-order valence-electron chi connectivity index (χ3n) is 3.41. The average molecular weight is 376 g/mol. The van der Waals surface area contributed by atoms with Gasteiger partial charge in [-0.15, -0.1) is 0 Å². The molecule has 0 fully saturated rings. The van der Waals surface area contributed by atoms with E-state index in [0.717, 1.165) is 52.6 Å². The molecule has 0 bridgehead atoms. The Morgan fingerprint density at radius 3 is 1.77 bits per heavy atom. The first-order chi connectivity index (χ1) is 12.5. The van der Waals surface area contributed by atoms with E-state index in [1.54, 1.807) is 0 Å². The molecule has 8 nitrogen and oxygen atoms in total. The fraction of sp³-hybridized carbons (Fsp3) is 0.889. The molecule has 156 valence electrons. The van der Waals surface area contributed by atoms with Gasteiger partial charge in [0.25, 0.3) is 5.97 Å². The van der Waals surface area contributed by atoms with E-state index < -0.39 is 5.97 Å². The summed E-state index contributed by atoms with van der Waals surface area (Å²) in [5.74, 6) is -0.651. The number of rotatable bonds is 17. The van der Waals surface area contributed by atoms with Crippen molar-refractivity contribution in [2.75, 3.05) is 52.4 Å². The van der Waals surface area contributed by atoms with Crippen molar-refractivity contribution < 1.29 is 14.7 Å². The second-order valence-electron chi connectivity index (χ2n) is 6.07. The van der Waals surface area contributed by atoms with E-state index in [4.69, 9.17) is 15.6 Å². The van der Waals surface area contributed by atoms with Crippen molar-refractivity contribution in [3.05, 3.63) is 0 Å². The van der Waals surface area contributed by atoms with Crippen LogP contribution in [0.1, 0.15) is 52.4 Å². The van der Waals surface area contributed by atoms with Gasteiger partial charge in [0, 0.05) is 65.7 Å². The van der Waals surface area contributed by atoms with E-state index in [-0.39, 0.29) is 5.91 Å². The Balaban J connectivity index is 0. The van der Waals surface area contributed by atoms with E-state index in [9.17, 15) is 4.79 Å². The zero-order valence-electron chi connectivity index (χ0n) is 16.7. The van der Waals surface area contributed by atoms with Gasteiger partial charge in [0.2, 0.25) is 5.91 Å². The lowest BCUT2D eigenvalue weighted by Crippen LogP contribution is -2.36. The molecule has 8 heteroatoms. The summed E-state index contributed by atoms with van der Waals surface area (Å²) in [7, 11) is 0. The van der Waals surface area contributed by atoms with Gasteiger partial charge >= 0.3 is 0 Å². The van der Waals surface area contributed by atoms with Crippen molar-refractivity contribution in [3.63, 3.8) is 0 Å². The second-order valence-corrected chi connectivity index (χ2v) is 6.07. The Bertz CT molecular complexity index is 313. The van der Waals surface area contributed by atoms with Gasteiger partial charge in [0.1, 0.15) is 0 Å². The van der Waals surface area contributed by atoms with E-state index in [1.807, 2.05) is 0 Å². The van der Waals surface area contributed by atoms with Crippen molar-refractivity contribution in [1.29, 1.82) is 0 Å². The predicted octanol–water partition coefficient (Wildman–Crippen LogP) is 0.282. The van der Waals surface area contributed by atoms with Crippen molar-refractivity contribution in [2.24, 2.45) is 5.73 Å². The zero-order chi connectivity index (χ0) is 19.9. The van der Waals surface area contributed by atoms with E-state index in [1.165, 1.54) is 25.7 Å². The highest BCUT2D eigenvalue weighted by molar-refractivity contribution is 5.75. The average Bonchev–Trinajstić information content (AvgIpc) is 2.59. The van der Waals surface area contributed by atoms with E-state index in [0.29, 0.717) is 19.5 Å². The number of carboxylic acid groups (broad SMARTS) is 1. The van der Waals surface area contributed by atoms with Gasteiger partial charge in [-0.2, -0.15) is 0 Å². The molecule has 0 saturated heterocycles. The Hall–Kier alpha value is -1.22. The number of aliphatic carboxylic acids is 1. The largest absolute Gasteiger partial charge is 0.481 e. The summed E-state index contributed by atoms with van der Waals surface area (Å²) in [6.07, 6.45) is 6.63. The topological polar surface area (TPSA) is 129 Å². The second kappa shape index (κ2) is 23.8. The van der Waals surface area contributed by atoms with Gasteiger partial charge in [0.05, 0.1) is 0 Å². The minimum atomic E-state index is -0.833. The maximum atomic E-state index is 11.6. The number of nitrogens with two attached hydrogens (primary N) is 1. The maximum absolute atomic E-state index is 11.6. The fourth-order valence-electron chi connectivity index (χ4n) is 2.10. The Kier molecular flexibility index (Phi) is 24.7. The quantitative estimate of drug-likeness (QED) is 0.202. The van der Waals surface area contributed by atoms with Crippen molar-refractivity contribution in [1.82, 2.24) is 21.3 Å². The molecule has 0 aromatic rings. The molecule has 0 heterocycles. The van der Waals surface area contributed by atoms with Crippen LogP contribution < -0.4 is 27.0 Å². The molecule has 0 radical (unpaired) electrons. The summed E-state index contributed by atoms with van der Waals surface area (Å²) in [6.45, 7) is 10.2. The number of carboxylic acids is 1. The minimum absolute atomic E-state index is 0.183. The molecular weight excluding hydrogens is 334 g/mol. The molecule has 0 aliphatic carbocycles. The lowest BCUT2D eigenvalue weighted by atomic mass is 10.1. The molecule has 26 heavy (non-hydrogen) atoms. The molecular formula is C18H41N5O3. The highest BCUT2D eigenvalue weighted by atomic mass is 16.4. The Morgan fingerprint density at radius 1 is 0.808 bits per heavy atom. The number of unbranched alkanes of at least 4 members (excludes halogenated alkanes) is 4. The van der Waals surface area contributed by atoms with Gasteiger partial charge in [-0.1, -0.05) is 32.6 Å². The molecule has 0 aromatic carbocycles. The van der Waals surface area contributed by atoms with E-state index >= 15 is 0 Å². The molecule has 7 N–H and O–H groups in total. The van der Waals surface area contributed by atoms with Crippen LogP contribution in [0.4, 0.5) is 0 Å². The number of hydrogen-bond acceptors (Lipinski definition) is 6. The molecule has 0 rings (SSSR count). The maximum Gasteiger partial charge on any atom is 0.300 e. The zero-order valence-corrected chi connectivity index (χ0v) is 16.7. The van der Waals surface area contributed by atoms with Crippen LogP contribution in [-0.2, 0) is 9.59 Å². The van der Waals surface area contributed by atoms with Crippen molar-refractivity contribution >= 4 is 11.9 Å². The minimum Gasteiger partial charge on any atom is -0.481 e. The third kappa shape index (κ3) is 30.6. The molecule has 0 atom stereocenters. The Labute approximate surface area is 159 Å². The van der Waals surface area contributed by atoms with Crippen LogP contribution in [-0.4, -0.2) is 69.3 Å². The summed E-state index contributed by atoms with van der Waals surface area (Å²) in [5.41, 5.74) is 5.38. The summed E-state index contributed by atoms with van der Waals surface area (Å²) >= 11 is 0. The number of amides is 1. The Morgan fingerprint density at radius 2 is 1.27 bits per heavy atom. The van der Waals surface area contributed by atoms with Crippen molar-refractivity contribution in [3.8, 4) is 0 Å². The van der Waals surface area contributed by atoms with Gasteiger partial charge in [0.15, 0.2) is 0 Å². The summed E-state index contributed by atoms with van der Waals surface area (Å²) < 4.78 is 0. The normalized spacial score (nSPS) is 10.1. The van der Waals surface area contributed by atoms with Crippen LogP contribution in [0.5, 0.6) is 0 Å². The molecule has 0 saturated carbocycles. The van der Waals surface area contributed by atoms with Crippen LogP contribution in [0.15, 0.2) is 0 Å². The van der Waals surface area contributed by atoms with E-state index in [2.05, 4.69) is 28.2 Å². The lowest BCUT2D eigenvalue weighted by molar-refractivity contribution is -0.134.